The first-order chi connectivity index (χ1) is 13.8. The van der Waals surface area contributed by atoms with Crippen molar-refractivity contribution in [2.24, 2.45) is 0 Å². The van der Waals surface area contributed by atoms with Gasteiger partial charge in [0.05, 0.1) is 14.2 Å². The average molecular weight is 398 g/mol. The Bertz CT molecular complexity index is 908. The molecule has 0 saturated heterocycles. The first kappa shape index (κ1) is 21.8. The van der Waals surface area contributed by atoms with Gasteiger partial charge in [-0.15, -0.1) is 0 Å². The van der Waals surface area contributed by atoms with Gasteiger partial charge in [-0.2, -0.15) is 0 Å². The van der Waals surface area contributed by atoms with Crippen LogP contribution in [-0.2, 0) is 9.59 Å². The highest BCUT2D eigenvalue weighted by atomic mass is 16.5. The molecule has 0 heterocycles. The van der Waals surface area contributed by atoms with Crippen molar-refractivity contribution in [3.63, 3.8) is 0 Å². The Hall–Kier alpha value is -3.48. The summed E-state index contributed by atoms with van der Waals surface area (Å²) in [6, 6.07) is 10.9. The smallest absolute Gasteiger partial charge is 0.279 e. The van der Waals surface area contributed by atoms with Gasteiger partial charge in [-0.25, -0.2) is 0 Å². The molecule has 1 atom stereocenters. The molecule has 2 amide bonds. The van der Waals surface area contributed by atoms with Crippen LogP contribution in [0.25, 0.3) is 6.08 Å². The number of benzene rings is 2. The van der Waals surface area contributed by atoms with Gasteiger partial charge in [0.25, 0.3) is 11.8 Å². The number of nitrogens with one attached hydrogen (secondary N) is 2. The van der Waals surface area contributed by atoms with Crippen molar-refractivity contribution in [1.82, 2.24) is 10.9 Å². The van der Waals surface area contributed by atoms with Gasteiger partial charge >= 0.3 is 0 Å². The van der Waals surface area contributed by atoms with E-state index in [2.05, 4.69) is 10.9 Å². The number of rotatable bonds is 7. The summed E-state index contributed by atoms with van der Waals surface area (Å²) in [6.07, 6.45) is 2.10. The monoisotopic (exact) mass is 398 g/mol. The molecule has 0 unspecified atom stereocenters. The quantitative estimate of drug-likeness (QED) is 0.553. The van der Waals surface area contributed by atoms with Gasteiger partial charge in [0.2, 0.25) is 0 Å². The minimum Gasteiger partial charge on any atom is -0.497 e. The van der Waals surface area contributed by atoms with Gasteiger partial charge in [0.1, 0.15) is 17.2 Å². The molecule has 0 fully saturated rings. The molecular weight excluding hydrogens is 372 g/mol. The fourth-order valence-electron chi connectivity index (χ4n) is 2.48. The Morgan fingerprint density at radius 2 is 1.76 bits per heavy atom. The molecule has 2 rings (SSSR count). The zero-order valence-electron chi connectivity index (χ0n) is 17.2. The fourth-order valence-corrected chi connectivity index (χ4v) is 2.48. The molecule has 29 heavy (non-hydrogen) atoms. The van der Waals surface area contributed by atoms with Crippen molar-refractivity contribution in [3.8, 4) is 17.2 Å². The topological polar surface area (TPSA) is 85.9 Å². The molecule has 0 aliphatic heterocycles. The molecule has 2 aromatic rings. The van der Waals surface area contributed by atoms with E-state index in [9.17, 15) is 9.59 Å². The van der Waals surface area contributed by atoms with Gasteiger partial charge in [0.15, 0.2) is 6.10 Å². The van der Waals surface area contributed by atoms with Gasteiger partial charge in [-0.05, 0) is 56.2 Å². The van der Waals surface area contributed by atoms with Crippen LogP contribution in [-0.4, -0.2) is 32.1 Å². The lowest BCUT2D eigenvalue weighted by molar-refractivity contribution is -0.131. The average Bonchev–Trinajstić information content (AvgIpc) is 2.73. The van der Waals surface area contributed by atoms with E-state index in [0.29, 0.717) is 22.8 Å². The summed E-state index contributed by atoms with van der Waals surface area (Å²) in [6.45, 7) is 5.51. The molecule has 0 radical (unpaired) electrons. The molecule has 0 aliphatic carbocycles. The van der Waals surface area contributed by atoms with Crippen LogP contribution in [0.3, 0.4) is 0 Å². The Morgan fingerprint density at radius 1 is 1.00 bits per heavy atom. The first-order valence-electron chi connectivity index (χ1n) is 9.08. The summed E-state index contributed by atoms with van der Waals surface area (Å²) < 4.78 is 16.1. The van der Waals surface area contributed by atoms with Crippen molar-refractivity contribution in [1.29, 1.82) is 0 Å². The third-order valence-electron chi connectivity index (χ3n) is 4.39. The van der Waals surface area contributed by atoms with Crippen LogP contribution >= 0.6 is 0 Å². The molecule has 7 heteroatoms. The number of hydrogen-bond acceptors (Lipinski definition) is 5. The predicted molar refractivity (Wildman–Crippen MR) is 111 cm³/mol. The van der Waals surface area contributed by atoms with Crippen LogP contribution in [0.2, 0.25) is 0 Å². The van der Waals surface area contributed by atoms with E-state index in [1.807, 2.05) is 26.0 Å². The molecular formula is C22H26N2O5. The summed E-state index contributed by atoms with van der Waals surface area (Å²) in [4.78, 5) is 24.2. The minimum atomic E-state index is -0.776. The number of amides is 2. The highest BCUT2D eigenvalue weighted by molar-refractivity contribution is 5.94. The van der Waals surface area contributed by atoms with Crippen LogP contribution in [0, 0.1) is 13.8 Å². The number of methoxy groups -OCH3 is 2. The van der Waals surface area contributed by atoms with Gasteiger partial charge < -0.3 is 14.2 Å². The van der Waals surface area contributed by atoms with Crippen molar-refractivity contribution in [2.75, 3.05) is 14.2 Å². The van der Waals surface area contributed by atoms with Gasteiger partial charge in [-0.1, -0.05) is 12.1 Å². The van der Waals surface area contributed by atoms with E-state index in [-0.39, 0.29) is 0 Å². The zero-order chi connectivity index (χ0) is 21.4. The van der Waals surface area contributed by atoms with Crippen LogP contribution < -0.4 is 25.1 Å². The lowest BCUT2D eigenvalue weighted by Crippen LogP contribution is -2.46. The molecule has 0 saturated carbocycles. The van der Waals surface area contributed by atoms with Crippen molar-refractivity contribution in [3.05, 3.63) is 59.2 Å². The molecule has 7 nitrogen and oxygen atoms in total. The number of aryl methyl sites for hydroxylation is 1. The first-order valence-corrected chi connectivity index (χ1v) is 9.08. The predicted octanol–water partition coefficient (Wildman–Crippen LogP) is 2.95. The maximum Gasteiger partial charge on any atom is 0.279 e. The second-order valence-corrected chi connectivity index (χ2v) is 6.38. The highest BCUT2D eigenvalue weighted by Crippen LogP contribution is 2.25. The second-order valence-electron chi connectivity index (χ2n) is 6.38. The summed E-state index contributed by atoms with van der Waals surface area (Å²) in [7, 11) is 3.09. The Morgan fingerprint density at radius 3 is 2.45 bits per heavy atom. The standard InChI is InChI=1S/C22H26N2O5/c1-14-7-6-8-19(15(14)2)29-16(3)22(26)24-23-21(25)12-10-17-9-11-18(27-4)13-20(17)28-5/h6-13,16H,1-5H3,(H,23,25)(H,24,26)/b12-10+/t16-/m1/s1. The fraction of sp³-hybridized carbons (Fsp3) is 0.273. The van der Waals surface area contributed by atoms with Crippen LogP contribution in [0.1, 0.15) is 23.6 Å². The molecule has 0 aliphatic rings. The molecule has 2 aromatic carbocycles. The number of ether oxygens (including phenoxy) is 3. The zero-order valence-corrected chi connectivity index (χ0v) is 17.2. The Kier molecular flexibility index (Phi) is 7.65. The molecule has 2 N–H and O–H groups in total. The largest absolute Gasteiger partial charge is 0.497 e. The van der Waals surface area contributed by atoms with E-state index in [1.54, 1.807) is 44.4 Å². The van der Waals surface area contributed by atoms with Gasteiger partial charge in [-0.3, -0.25) is 20.4 Å². The Balaban J connectivity index is 1.90. The molecule has 154 valence electrons. The number of carbonyl (C=O) groups is 2. The van der Waals surface area contributed by atoms with E-state index in [4.69, 9.17) is 14.2 Å². The summed E-state index contributed by atoms with van der Waals surface area (Å²) in [5.41, 5.74) is 7.42. The Labute approximate surface area is 170 Å². The van der Waals surface area contributed by atoms with Crippen LogP contribution in [0.15, 0.2) is 42.5 Å². The maximum absolute atomic E-state index is 12.2. The SMILES string of the molecule is COc1ccc(/C=C/C(=O)NNC(=O)[C@@H](C)Oc2cccc(C)c2C)c(OC)c1. The van der Waals surface area contributed by atoms with E-state index in [0.717, 1.165) is 11.1 Å². The third-order valence-corrected chi connectivity index (χ3v) is 4.39. The van der Waals surface area contributed by atoms with Crippen LogP contribution in [0.5, 0.6) is 17.2 Å². The number of hydrogen-bond donors (Lipinski definition) is 2. The van der Waals surface area contributed by atoms with E-state index in [1.165, 1.54) is 13.2 Å². The van der Waals surface area contributed by atoms with Crippen molar-refractivity contribution < 1.29 is 23.8 Å². The maximum atomic E-state index is 12.2. The van der Waals surface area contributed by atoms with Gasteiger partial charge in [0, 0.05) is 17.7 Å². The summed E-state index contributed by atoms with van der Waals surface area (Å²) in [5, 5.41) is 0. The van der Waals surface area contributed by atoms with Crippen molar-refractivity contribution in [2.45, 2.75) is 26.9 Å². The number of hydrazine groups is 1. The molecule has 0 aromatic heterocycles. The lowest BCUT2D eigenvalue weighted by Gasteiger charge is -2.17. The third kappa shape index (κ3) is 6.00. The molecule has 0 spiro atoms. The molecule has 0 bridgehead atoms. The normalized spacial score (nSPS) is 11.6. The second kappa shape index (κ2) is 10.2. The van der Waals surface area contributed by atoms with Crippen LogP contribution in [0.4, 0.5) is 0 Å². The summed E-state index contributed by atoms with van der Waals surface area (Å²) in [5.74, 6) is 0.886. The minimum absolute atomic E-state index is 0.463. The van der Waals surface area contributed by atoms with Crippen molar-refractivity contribution >= 4 is 17.9 Å². The lowest BCUT2D eigenvalue weighted by atomic mass is 10.1. The highest BCUT2D eigenvalue weighted by Gasteiger charge is 2.16. The number of carbonyl (C=O) groups excluding carboxylic acids is 2. The summed E-state index contributed by atoms with van der Waals surface area (Å²) >= 11 is 0. The van der Waals surface area contributed by atoms with E-state index < -0.39 is 17.9 Å². The van der Waals surface area contributed by atoms with E-state index >= 15 is 0 Å².